The molecule has 1 aliphatic carbocycles. The maximum absolute atomic E-state index is 6.80. The fourth-order valence-electron chi connectivity index (χ4n) is 12.0. The van der Waals surface area contributed by atoms with Crippen LogP contribution in [0.25, 0.3) is 11.1 Å². The van der Waals surface area contributed by atoms with E-state index in [0.717, 1.165) is 11.5 Å². The molecule has 0 radical (unpaired) electrons. The molecule has 0 N–H and O–H groups in total. The van der Waals surface area contributed by atoms with E-state index in [1.54, 1.807) is 0 Å². The van der Waals surface area contributed by atoms with Gasteiger partial charge in [0, 0.05) is 0 Å². The molecule has 3 heterocycles. The van der Waals surface area contributed by atoms with Gasteiger partial charge in [-0.25, -0.2) is 0 Å². The number of para-hydroxylation sites is 1. The first-order valence-electron chi connectivity index (χ1n) is 20.8. The SMILES string of the molecule is c1ccc(C2(c3ccccc3)c3ccccc3-c3ccc(B4c5ccccc5C5(c6ccccc64)c4ccccc4B4c6ccccc6Oc6cccc5c64)cc32)cc1. The molecule has 0 saturated heterocycles. The van der Waals surface area contributed by atoms with Crippen LogP contribution in [0.1, 0.15) is 44.5 Å². The van der Waals surface area contributed by atoms with Crippen molar-refractivity contribution in [2.24, 2.45) is 0 Å². The summed E-state index contributed by atoms with van der Waals surface area (Å²) in [6.07, 6.45) is 0. The van der Waals surface area contributed by atoms with Gasteiger partial charge < -0.3 is 4.74 Å². The van der Waals surface area contributed by atoms with E-state index in [1.165, 1.54) is 88.4 Å². The van der Waals surface area contributed by atoms with Gasteiger partial charge in [-0.2, -0.15) is 0 Å². The molecule has 9 aromatic rings. The van der Waals surface area contributed by atoms with Crippen molar-refractivity contribution >= 4 is 46.2 Å². The zero-order valence-electron chi connectivity index (χ0n) is 32.3. The van der Waals surface area contributed by atoms with E-state index < -0.39 is 10.8 Å². The summed E-state index contributed by atoms with van der Waals surface area (Å²) < 4.78 is 6.80. The lowest BCUT2D eigenvalue weighted by atomic mass is 9.26. The Balaban J connectivity index is 1.10. The van der Waals surface area contributed by atoms with Gasteiger partial charge in [0.1, 0.15) is 11.5 Å². The summed E-state index contributed by atoms with van der Waals surface area (Å²) in [4.78, 5) is 0. The van der Waals surface area contributed by atoms with E-state index in [9.17, 15) is 0 Å². The molecule has 272 valence electrons. The highest BCUT2D eigenvalue weighted by Crippen LogP contribution is 2.56. The van der Waals surface area contributed by atoms with E-state index in [-0.39, 0.29) is 13.4 Å². The van der Waals surface area contributed by atoms with Gasteiger partial charge >= 0.3 is 0 Å². The van der Waals surface area contributed by atoms with Gasteiger partial charge in [0.15, 0.2) is 0 Å². The first-order valence-corrected chi connectivity index (χ1v) is 20.8. The molecule has 4 aliphatic rings. The number of rotatable bonds is 3. The fraction of sp³-hybridized carbons (Fsp3) is 0.0357. The Kier molecular flexibility index (Phi) is 6.82. The summed E-state index contributed by atoms with van der Waals surface area (Å²) in [6.45, 7) is 0.0835. The lowest BCUT2D eigenvalue weighted by molar-refractivity contribution is 0.486. The van der Waals surface area contributed by atoms with Crippen molar-refractivity contribution in [1.29, 1.82) is 0 Å². The molecule has 3 aliphatic heterocycles. The highest BCUT2D eigenvalue weighted by atomic mass is 16.5. The molecule has 9 aromatic carbocycles. The van der Waals surface area contributed by atoms with Gasteiger partial charge in [-0.15, -0.1) is 0 Å². The maximum Gasteiger partial charge on any atom is 0.251 e. The number of hydrogen-bond acceptors (Lipinski definition) is 1. The minimum absolute atomic E-state index is 0.00711. The van der Waals surface area contributed by atoms with Crippen molar-refractivity contribution in [2.75, 3.05) is 0 Å². The maximum atomic E-state index is 6.80. The van der Waals surface area contributed by atoms with Gasteiger partial charge in [0.25, 0.3) is 6.71 Å². The molecule has 1 nitrogen and oxygen atoms in total. The largest absolute Gasteiger partial charge is 0.458 e. The predicted molar refractivity (Wildman–Crippen MR) is 244 cm³/mol. The second-order valence-electron chi connectivity index (χ2n) is 16.6. The van der Waals surface area contributed by atoms with Crippen LogP contribution in [-0.2, 0) is 10.8 Å². The predicted octanol–water partition coefficient (Wildman–Crippen LogP) is 8.20. The molecule has 0 amide bonds. The minimum Gasteiger partial charge on any atom is -0.458 e. The summed E-state index contributed by atoms with van der Waals surface area (Å²) in [5.41, 5.74) is 20.0. The van der Waals surface area contributed by atoms with E-state index >= 15 is 0 Å². The Bertz CT molecular complexity index is 3080. The average Bonchev–Trinajstić information content (AvgIpc) is 3.61. The van der Waals surface area contributed by atoms with E-state index in [0.29, 0.717) is 0 Å². The Labute approximate surface area is 345 Å². The monoisotopic (exact) mass is 746 g/mol. The summed E-state index contributed by atoms with van der Waals surface area (Å²) in [6, 6.07) is 81.9. The first kappa shape index (κ1) is 32.9. The Morgan fingerprint density at radius 1 is 0.305 bits per heavy atom. The molecule has 3 heteroatoms. The molecule has 1 spiro atoms. The summed E-state index contributed by atoms with van der Waals surface area (Å²) in [5.74, 6) is 1.90. The standard InChI is InChI=1S/C56H36B2O/c1-3-18-37(19-4-1)55(38-20-5-2-6-21-38)42-23-8-7-22-40(42)41-35-34-39(36-47(41)55)57-48-28-12-9-24-43(48)56(44-25-10-13-29-49(44)57)45-26-11-14-30-50(45)58-51-31-15-16-32-52(51)59-53-33-17-27-46(56)54(53)58/h1-36H. The Morgan fingerprint density at radius 3 is 1.42 bits per heavy atom. The third kappa shape index (κ3) is 4.17. The minimum atomic E-state index is -0.553. The molecule has 0 unspecified atom stereocenters. The van der Waals surface area contributed by atoms with Crippen LogP contribution in [0.5, 0.6) is 11.5 Å². The van der Waals surface area contributed by atoms with Crippen molar-refractivity contribution in [1.82, 2.24) is 0 Å². The van der Waals surface area contributed by atoms with Gasteiger partial charge in [0.2, 0.25) is 6.71 Å². The normalized spacial score (nSPS) is 15.1. The average molecular weight is 747 g/mol. The molecule has 13 rings (SSSR count). The summed E-state index contributed by atoms with van der Waals surface area (Å²) in [5, 5.41) is 0. The highest BCUT2D eigenvalue weighted by molar-refractivity contribution is 6.99. The van der Waals surface area contributed by atoms with Crippen LogP contribution >= 0.6 is 0 Å². The van der Waals surface area contributed by atoms with Gasteiger partial charge in [-0.3, -0.25) is 0 Å². The fourth-order valence-corrected chi connectivity index (χ4v) is 12.0. The Hall–Kier alpha value is -7.09. The second-order valence-corrected chi connectivity index (χ2v) is 16.6. The summed E-state index contributed by atoms with van der Waals surface area (Å²) in [7, 11) is 0. The molecule has 0 atom stereocenters. The highest BCUT2D eigenvalue weighted by Gasteiger charge is 2.55. The van der Waals surface area contributed by atoms with Crippen molar-refractivity contribution in [3.8, 4) is 22.6 Å². The van der Waals surface area contributed by atoms with Crippen molar-refractivity contribution in [2.45, 2.75) is 10.8 Å². The second kappa shape index (κ2) is 12.2. The number of hydrogen-bond donors (Lipinski definition) is 0. The van der Waals surface area contributed by atoms with Crippen molar-refractivity contribution in [3.63, 3.8) is 0 Å². The quantitative estimate of drug-likeness (QED) is 0.166. The molecule has 0 aromatic heterocycles. The summed E-state index contributed by atoms with van der Waals surface area (Å²) >= 11 is 0. The van der Waals surface area contributed by atoms with Crippen LogP contribution in [0.15, 0.2) is 218 Å². The van der Waals surface area contributed by atoms with Crippen LogP contribution in [0, 0.1) is 0 Å². The Morgan fingerprint density at radius 2 is 0.780 bits per heavy atom. The van der Waals surface area contributed by atoms with E-state index in [2.05, 4.69) is 218 Å². The van der Waals surface area contributed by atoms with Crippen LogP contribution in [-0.4, -0.2) is 13.4 Å². The molecule has 59 heavy (non-hydrogen) atoms. The number of fused-ring (bicyclic) bond motifs is 13. The third-order valence-electron chi connectivity index (χ3n) is 14.1. The van der Waals surface area contributed by atoms with Gasteiger partial charge in [-0.1, -0.05) is 228 Å². The van der Waals surface area contributed by atoms with Crippen LogP contribution < -0.4 is 37.5 Å². The molecule has 0 saturated carbocycles. The zero-order valence-corrected chi connectivity index (χ0v) is 32.3. The van der Waals surface area contributed by atoms with Gasteiger partial charge in [-0.05, 0) is 78.7 Å². The lowest BCUT2D eigenvalue weighted by Gasteiger charge is -2.50. The van der Waals surface area contributed by atoms with Crippen LogP contribution in [0.3, 0.4) is 0 Å². The van der Waals surface area contributed by atoms with Crippen molar-refractivity contribution < 1.29 is 4.74 Å². The van der Waals surface area contributed by atoms with E-state index in [4.69, 9.17) is 4.74 Å². The number of benzene rings is 9. The van der Waals surface area contributed by atoms with Gasteiger partial charge in [0.05, 0.1) is 10.8 Å². The molecule has 0 fully saturated rings. The first-order chi connectivity index (χ1) is 29.3. The van der Waals surface area contributed by atoms with Crippen molar-refractivity contribution in [3.05, 3.63) is 263 Å². The van der Waals surface area contributed by atoms with E-state index in [1.807, 2.05) is 0 Å². The third-order valence-corrected chi connectivity index (χ3v) is 14.1. The number of ether oxygens (including phenoxy) is 1. The molecule has 0 bridgehead atoms. The topological polar surface area (TPSA) is 9.23 Å². The van der Waals surface area contributed by atoms with Crippen LogP contribution in [0.4, 0.5) is 0 Å². The zero-order chi connectivity index (χ0) is 38.7. The van der Waals surface area contributed by atoms with Crippen LogP contribution in [0.2, 0.25) is 0 Å². The molecular weight excluding hydrogens is 710 g/mol. The lowest BCUT2D eigenvalue weighted by Crippen LogP contribution is -2.68. The molecular formula is C56H36B2O. The smallest absolute Gasteiger partial charge is 0.251 e.